The SMILES string of the molecule is CCC1=CC=CC2(CC)OC12. The largest absolute Gasteiger partial charge is 0.357 e. The van der Waals surface area contributed by atoms with Crippen molar-refractivity contribution in [2.24, 2.45) is 0 Å². The van der Waals surface area contributed by atoms with E-state index in [1.807, 2.05) is 0 Å². The van der Waals surface area contributed by atoms with Crippen LogP contribution in [0.3, 0.4) is 0 Å². The van der Waals surface area contributed by atoms with E-state index in [0.29, 0.717) is 6.10 Å². The van der Waals surface area contributed by atoms with Crippen molar-refractivity contribution in [2.75, 3.05) is 0 Å². The molecule has 2 rings (SSSR count). The van der Waals surface area contributed by atoms with Crippen LogP contribution in [0.25, 0.3) is 0 Å². The molecule has 1 fully saturated rings. The predicted molar refractivity (Wildman–Crippen MR) is 45.4 cm³/mol. The highest BCUT2D eigenvalue weighted by atomic mass is 16.6. The van der Waals surface area contributed by atoms with Crippen LogP contribution in [0.2, 0.25) is 0 Å². The molecular weight excluding hydrogens is 136 g/mol. The zero-order valence-corrected chi connectivity index (χ0v) is 7.13. The summed E-state index contributed by atoms with van der Waals surface area (Å²) in [5, 5.41) is 0. The highest BCUT2D eigenvalue weighted by molar-refractivity contribution is 5.37. The van der Waals surface area contributed by atoms with E-state index >= 15 is 0 Å². The molecule has 0 aromatic rings. The number of hydrogen-bond acceptors (Lipinski definition) is 1. The summed E-state index contributed by atoms with van der Waals surface area (Å²) in [4.78, 5) is 0. The maximum absolute atomic E-state index is 5.66. The van der Waals surface area contributed by atoms with Gasteiger partial charge >= 0.3 is 0 Å². The third-order valence-corrected chi connectivity index (χ3v) is 2.71. The predicted octanol–water partition coefficient (Wildman–Crippen LogP) is 2.44. The fourth-order valence-corrected chi connectivity index (χ4v) is 1.81. The molecule has 1 heterocycles. The first-order valence-corrected chi connectivity index (χ1v) is 4.38. The Kier molecular flexibility index (Phi) is 1.43. The van der Waals surface area contributed by atoms with Crippen LogP contribution >= 0.6 is 0 Å². The normalized spacial score (nSPS) is 39.8. The van der Waals surface area contributed by atoms with E-state index in [4.69, 9.17) is 4.74 Å². The van der Waals surface area contributed by atoms with Crippen LogP contribution < -0.4 is 0 Å². The minimum Gasteiger partial charge on any atom is -0.357 e. The monoisotopic (exact) mass is 150 g/mol. The van der Waals surface area contributed by atoms with Crippen LogP contribution in [0.5, 0.6) is 0 Å². The average molecular weight is 150 g/mol. The van der Waals surface area contributed by atoms with Crippen LogP contribution in [-0.2, 0) is 4.74 Å². The van der Waals surface area contributed by atoms with Gasteiger partial charge in [-0.15, -0.1) is 0 Å². The summed E-state index contributed by atoms with van der Waals surface area (Å²) in [7, 11) is 0. The smallest absolute Gasteiger partial charge is 0.117 e. The Labute approximate surface area is 67.7 Å². The van der Waals surface area contributed by atoms with Gasteiger partial charge in [0.1, 0.15) is 11.7 Å². The fourth-order valence-electron chi connectivity index (χ4n) is 1.81. The Morgan fingerprint density at radius 1 is 1.55 bits per heavy atom. The molecule has 1 heteroatoms. The second-order valence-corrected chi connectivity index (χ2v) is 3.26. The maximum atomic E-state index is 5.66. The van der Waals surface area contributed by atoms with Gasteiger partial charge in [0.25, 0.3) is 0 Å². The van der Waals surface area contributed by atoms with E-state index < -0.39 is 0 Å². The third kappa shape index (κ3) is 0.875. The number of epoxide rings is 1. The van der Waals surface area contributed by atoms with E-state index in [1.165, 1.54) is 5.57 Å². The van der Waals surface area contributed by atoms with Crippen LogP contribution in [0.4, 0.5) is 0 Å². The van der Waals surface area contributed by atoms with Crippen molar-refractivity contribution in [2.45, 2.75) is 38.4 Å². The Hall–Kier alpha value is -0.560. The second kappa shape index (κ2) is 2.21. The summed E-state index contributed by atoms with van der Waals surface area (Å²) in [5.74, 6) is 0. The van der Waals surface area contributed by atoms with E-state index in [1.54, 1.807) is 0 Å². The maximum Gasteiger partial charge on any atom is 0.117 e. The van der Waals surface area contributed by atoms with Crippen LogP contribution in [0, 0.1) is 0 Å². The van der Waals surface area contributed by atoms with Gasteiger partial charge in [-0.3, -0.25) is 0 Å². The highest BCUT2D eigenvalue weighted by Crippen LogP contribution is 2.47. The molecule has 2 aliphatic rings. The van der Waals surface area contributed by atoms with Gasteiger partial charge in [0, 0.05) is 0 Å². The van der Waals surface area contributed by atoms with E-state index in [2.05, 4.69) is 32.1 Å². The third-order valence-electron chi connectivity index (χ3n) is 2.71. The molecule has 11 heavy (non-hydrogen) atoms. The zero-order valence-electron chi connectivity index (χ0n) is 7.13. The summed E-state index contributed by atoms with van der Waals surface area (Å²) in [6.45, 7) is 4.37. The van der Waals surface area contributed by atoms with Crippen molar-refractivity contribution in [3.05, 3.63) is 23.8 Å². The molecule has 2 atom stereocenters. The van der Waals surface area contributed by atoms with Gasteiger partial charge in [0.05, 0.1) is 0 Å². The lowest BCUT2D eigenvalue weighted by atomic mass is 9.91. The Balaban J connectivity index is 2.20. The van der Waals surface area contributed by atoms with E-state index in [-0.39, 0.29) is 5.60 Å². The van der Waals surface area contributed by atoms with Crippen molar-refractivity contribution < 1.29 is 4.74 Å². The minimum absolute atomic E-state index is 0.111. The molecule has 0 saturated carbocycles. The first-order valence-electron chi connectivity index (χ1n) is 4.38. The van der Waals surface area contributed by atoms with Gasteiger partial charge < -0.3 is 4.74 Å². The van der Waals surface area contributed by atoms with Gasteiger partial charge in [-0.2, -0.15) is 0 Å². The molecule has 60 valence electrons. The van der Waals surface area contributed by atoms with Gasteiger partial charge in [-0.1, -0.05) is 26.0 Å². The Bertz CT molecular complexity index is 227. The van der Waals surface area contributed by atoms with Crippen LogP contribution in [-0.4, -0.2) is 11.7 Å². The lowest BCUT2D eigenvalue weighted by Crippen LogP contribution is -2.13. The molecule has 0 spiro atoms. The first kappa shape index (κ1) is 7.11. The molecule has 0 aromatic heterocycles. The standard InChI is InChI=1S/C10H14O/c1-3-8-6-5-7-10(4-2)9(8)11-10/h5-7,9H,3-4H2,1-2H3. The molecule has 2 unspecified atom stereocenters. The molecule has 0 N–H and O–H groups in total. The van der Waals surface area contributed by atoms with Gasteiger partial charge in [0.2, 0.25) is 0 Å². The van der Waals surface area contributed by atoms with Crippen molar-refractivity contribution in [1.29, 1.82) is 0 Å². The molecule has 0 radical (unpaired) electrons. The molecule has 1 saturated heterocycles. The highest BCUT2D eigenvalue weighted by Gasteiger charge is 2.55. The summed E-state index contributed by atoms with van der Waals surface area (Å²) in [6, 6.07) is 0. The average Bonchev–Trinajstić information content (AvgIpc) is 2.78. The zero-order chi connectivity index (χ0) is 7.90. The second-order valence-electron chi connectivity index (χ2n) is 3.26. The minimum atomic E-state index is 0.111. The number of hydrogen-bond donors (Lipinski definition) is 0. The molecule has 1 nitrogen and oxygen atoms in total. The van der Waals surface area contributed by atoms with Gasteiger partial charge in [0.15, 0.2) is 0 Å². The molecule has 0 aromatic carbocycles. The number of rotatable bonds is 2. The van der Waals surface area contributed by atoms with Gasteiger partial charge in [-0.05, 0) is 24.5 Å². The number of allylic oxidation sites excluding steroid dienone is 2. The molecule has 0 amide bonds. The number of fused-ring (bicyclic) bond motifs is 1. The van der Waals surface area contributed by atoms with Crippen LogP contribution in [0.15, 0.2) is 23.8 Å². The topological polar surface area (TPSA) is 12.5 Å². The quantitative estimate of drug-likeness (QED) is 0.551. The molecule has 0 bridgehead atoms. The molecule has 1 aliphatic carbocycles. The van der Waals surface area contributed by atoms with Crippen molar-refractivity contribution in [3.63, 3.8) is 0 Å². The molecule has 1 aliphatic heterocycles. The molecular formula is C10H14O. The van der Waals surface area contributed by atoms with Crippen molar-refractivity contribution >= 4 is 0 Å². The lowest BCUT2D eigenvalue weighted by Gasteiger charge is -2.08. The Morgan fingerprint density at radius 2 is 2.36 bits per heavy atom. The summed E-state index contributed by atoms with van der Waals surface area (Å²) >= 11 is 0. The van der Waals surface area contributed by atoms with E-state index in [9.17, 15) is 0 Å². The van der Waals surface area contributed by atoms with E-state index in [0.717, 1.165) is 12.8 Å². The summed E-state index contributed by atoms with van der Waals surface area (Å²) < 4.78 is 5.66. The summed E-state index contributed by atoms with van der Waals surface area (Å²) in [5.41, 5.74) is 1.56. The fraction of sp³-hybridized carbons (Fsp3) is 0.600. The van der Waals surface area contributed by atoms with Crippen molar-refractivity contribution in [1.82, 2.24) is 0 Å². The number of ether oxygens (including phenoxy) is 1. The van der Waals surface area contributed by atoms with Gasteiger partial charge in [-0.25, -0.2) is 0 Å². The van der Waals surface area contributed by atoms with Crippen molar-refractivity contribution in [3.8, 4) is 0 Å². The Morgan fingerprint density at radius 3 is 3.00 bits per heavy atom. The van der Waals surface area contributed by atoms with Crippen LogP contribution in [0.1, 0.15) is 26.7 Å². The summed E-state index contributed by atoms with van der Waals surface area (Å²) in [6.07, 6.45) is 9.15. The first-order chi connectivity index (χ1) is 5.32. The lowest BCUT2D eigenvalue weighted by molar-refractivity contribution is 0.332.